The molecule has 0 saturated carbocycles. The summed E-state index contributed by atoms with van der Waals surface area (Å²) in [5.74, 6) is 1.19. The highest BCUT2D eigenvalue weighted by Crippen LogP contribution is 2.34. The van der Waals surface area contributed by atoms with E-state index in [1.807, 2.05) is 25.1 Å². The zero-order chi connectivity index (χ0) is 14.1. The molecule has 1 aromatic carbocycles. The van der Waals surface area contributed by atoms with Crippen LogP contribution in [-0.4, -0.2) is 9.97 Å². The van der Waals surface area contributed by atoms with Crippen molar-refractivity contribution in [3.8, 4) is 11.6 Å². The number of aryl methyl sites for hydroxylation is 2. The number of anilines is 1. The van der Waals surface area contributed by atoms with Crippen LogP contribution in [0.4, 0.5) is 5.69 Å². The van der Waals surface area contributed by atoms with Gasteiger partial charge in [0.2, 0.25) is 5.88 Å². The summed E-state index contributed by atoms with van der Waals surface area (Å²) in [6, 6.07) is 5.85. The molecule has 0 aliphatic heterocycles. The summed E-state index contributed by atoms with van der Waals surface area (Å²) in [5.41, 5.74) is 9.91. The standard InChI is InChI=1S/C15H15N3OS/c1-3-10-4-5-12(11(16)6-10)19-15-14-13(17-8-18-15)9(2)7-20-14/h4-8H,3,16H2,1-2H3. The second-order valence-corrected chi connectivity index (χ2v) is 5.48. The summed E-state index contributed by atoms with van der Waals surface area (Å²) in [5, 5.41) is 2.05. The van der Waals surface area contributed by atoms with Gasteiger partial charge in [0.25, 0.3) is 0 Å². The van der Waals surface area contributed by atoms with Crippen LogP contribution in [0.1, 0.15) is 18.1 Å². The molecule has 4 nitrogen and oxygen atoms in total. The van der Waals surface area contributed by atoms with Gasteiger partial charge in [0.15, 0.2) is 5.75 Å². The van der Waals surface area contributed by atoms with Gasteiger partial charge in [0.05, 0.1) is 11.2 Å². The van der Waals surface area contributed by atoms with Crippen molar-refractivity contribution in [1.29, 1.82) is 0 Å². The first-order valence-electron chi connectivity index (χ1n) is 6.44. The van der Waals surface area contributed by atoms with E-state index in [0.29, 0.717) is 17.3 Å². The number of thiophene rings is 1. The van der Waals surface area contributed by atoms with Gasteiger partial charge in [-0.2, -0.15) is 0 Å². The second-order valence-electron chi connectivity index (χ2n) is 4.60. The lowest BCUT2D eigenvalue weighted by molar-refractivity contribution is 0.471. The highest BCUT2D eigenvalue weighted by atomic mass is 32.1. The Balaban J connectivity index is 2.01. The van der Waals surface area contributed by atoms with Crippen molar-refractivity contribution in [3.63, 3.8) is 0 Å². The van der Waals surface area contributed by atoms with E-state index in [4.69, 9.17) is 10.5 Å². The van der Waals surface area contributed by atoms with E-state index < -0.39 is 0 Å². The molecule has 0 bridgehead atoms. The predicted molar refractivity (Wildman–Crippen MR) is 82.5 cm³/mol. The highest BCUT2D eigenvalue weighted by Gasteiger charge is 2.11. The fourth-order valence-corrected chi connectivity index (χ4v) is 2.96. The molecular weight excluding hydrogens is 270 g/mol. The smallest absolute Gasteiger partial charge is 0.240 e. The minimum Gasteiger partial charge on any atom is -0.435 e. The Hall–Kier alpha value is -2.14. The van der Waals surface area contributed by atoms with E-state index in [9.17, 15) is 0 Å². The first kappa shape index (κ1) is 12.9. The van der Waals surface area contributed by atoms with E-state index >= 15 is 0 Å². The van der Waals surface area contributed by atoms with Gasteiger partial charge in [-0.3, -0.25) is 0 Å². The topological polar surface area (TPSA) is 61.0 Å². The van der Waals surface area contributed by atoms with E-state index in [2.05, 4.69) is 22.3 Å². The molecule has 0 aliphatic carbocycles. The number of nitrogens with two attached hydrogens (primary N) is 1. The Morgan fingerprint density at radius 3 is 2.90 bits per heavy atom. The molecule has 0 fully saturated rings. The molecule has 20 heavy (non-hydrogen) atoms. The van der Waals surface area contributed by atoms with Crippen molar-refractivity contribution in [2.75, 3.05) is 5.73 Å². The molecule has 2 aromatic heterocycles. The Labute approximate surface area is 121 Å². The monoisotopic (exact) mass is 285 g/mol. The lowest BCUT2D eigenvalue weighted by atomic mass is 10.1. The SMILES string of the molecule is CCc1ccc(Oc2ncnc3c(C)csc23)c(N)c1. The normalized spacial score (nSPS) is 10.9. The maximum Gasteiger partial charge on any atom is 0.240 e. The van der Waals surface area contributed by atoms with Crippen LogP contribution in [0, 0.1) is 6.92 Å². The van der Waals surface area contributed by atoms with Crippen molar-refractivity contribution < 1.29 is 4.74 Å². The van der Waals surface area contributed by atoms with Crippen molar-refractivity contribution in [2.24, 2.45) is 0 Å². The molecule has 5 heteroatoms. The predicted octanol–water partition coefficient (Wildman–Crippen LogP) is 3.94. The minimum absolute atomic E-state index is 0.559. The van der Waals surface area contributed by atoms with Crippen LogP contribution in [-0.2, 0) is 6.42 Å². The quantitative estimate of drug-likeness (QED) is 0.740. The van der Waals surface area contributed by atoms with Gasteiger partial charge in [-0.1, -0.05) is 13.0 Å². The van der Waals surface area contributed by atoms with Crippen LogP contribution in [0.15, 0.2) is 29.9 Å². The van der Waals surface area contributed by atoms with E-state index in [1.54, 1.807) is 11.3 Å². The number of nitrogens with zero attached hydrogens (tertiary/aromatic N) is 2. The fraction of sp³-hybridized carbons (Fsp3) is 0.200. The van der Waals surface area contributed by atoms with Crippen LogP contribution in [0.3, 0.4) is 0 Å². The van der Waals surface area contributed by atoms with Gasteiger partial charge >= 0.3 is 0 Å². The number of ether oxygens (including phenoxy) is 1. The Morgan fingerprint density at radius 2 is 2.15 bits per heavy atom. The molecule has 0 unspecified atom stereocenters. The maximum atomic E-state index is 6.03. The van der Waals surface area contributed by atoms with Crippen LogP contribution < -0.4 is 10.5 Å². The molecule has 0 saturated heterocycles. The maximum absolute atomic E-state index is 6.03. The summed E-state index contributed by atoms with van der Waals surface area (Å²) < 4.78 is 6.82. The molecule has 102 valence electrons. The van der Waals surface area contributed by atoms with Gasteiger partial charge in [0.1, 0.15) is 11.0 Å². The molecule has 3 aromatic rings. The second kappa shape index (κ2) is 5.09. The average molecular weight is 285 g/mol. The summed E-state index contributed by atoms with van der Waals surface area (Å²) in [4.78, 5) is 8.50. The molecular formula is C15H15N3OS. The van der Waals surface area contributed by atoms with Gasteiger partial charge in [-0.25, -0.2) is 9.97 Å². The van der Waals surface area contributed by atoms with Gasteiger partial charge in [-0.15, -0.1) is 11.3 Å². The summed E-state index contributed by atoms with van der Waals surface area (Å²) in [6.07, 6.45) is 2.47. The van der Waals surface area contributed by atoms with Gasteiger partial charge in [-0.05, 0) is 42.0 Å². The molecule has 3 rings (SSSR count). The van der Waals surface area contributed by atoms with Crippen LogP contribution in [0.25, 0.3) is 10.2 Å². The molecule has 0 radical (unpaired) electrons. The number of nitrogen functional groups attached to an aromatic ring is 1. The third-order valence-corrected chi connectivity index (χ3v) is 4.26. The molecule has 0 spiro atoms. The van der Waals surface area contributed by atoms with Gasteiger partial charge in [0, 0.05) is 0 Å². The molecule has 2 N–H and O–H groups in total. The van der Waals surface area contributed by atoms with Crippen molar-refractivity contribution >= 4 is 27.2 Å². The van der Waals surface area contributed by atoms with Crippen LogP contribution >= 0.6 is 11.3 Å². The lowest BCUT2D eigenvalue weighted by Crippen LogP contribution is -1.95. The van der Waals surface area contributed by atoms with Crippen molar-refractivity contribution in [3.05, 3.63) is 41.0 Å². The number of hydrogen-bond acceptors (Lipinski definition) is 5. The van der Waals surface area contributed by atoms with E-state index in [-0.39, 0.29) is 0 Å². The number of hydrogen-bond donors (Lipinski definition) is 1. The first-order valence-corrected chi connectivity index (χ1v) is 7.32. The number of aromatic nitrogens is 2. The van der Waals surface area contributed by atoms with Crippen LogP contribution in [0.2, 0.25) is 0 Å². The van der Waals surface area contributed by atoms with E-state index in [0.717, 1.165) is 22.2 Å². The zero-order valence-electron chi connectivity index (χ0n) is 11.4. The van der Waals surface area contributed by atoms with Crippen molar-refractivity contribution in [2.45, 2.75) is 20.3 Å². The summed E-state index contributed by atoms with van der Waals surface area (Å²) in [6.45, 7) is 4.12. The minimum atomic E-state index is 0.559. The first-order chi connectivity index (χ1) is 9.69. The summed E-state index contributed by atoms with van der Waals surface area (Å²) >= 11 is 1.58. The fourth-order valence-electron chi connectivity index (χ4n) is 2.04. The Morgan fingerprint density at radius 1 is 1.30 bits per heavy atom. The molecule has 0 amide bonds. The van der Waals surface area contributed by atoms with Crippen molar-refractivity contribution in [1.82, 2.24) is 9.97 Å². The number of benzene rings is 1. The highest BCUT2D eigenvalue weighted by molar-refractivity contribution is 7.17. The van der Waals surface area contributed by atoms with Crippen LogP contribution in [0.5, 0.6) is 11.6 Å². The Kier molecular flexibility index (Phi) is 3.28. The lowest BCUT2D eigenvalue weighted by Gasteiger charge is -2.09. The molecule has 2 heterocycles. The summed E-state index contributed by atoms with van der Waals surface area (Å²) in [7, 11) is 0. The molecule has 0 atom stereocenters. The number of rotatable bonds is 3. The van der Waals surface area contributed by atoms with Gasteiger partial charge < -0.3 is 10.5 Å². The number of fused-ring (bicyclic) bond motifs is 1. The largest absolute Gasteiger partial charge is 0.435 e. The third-order valence-electron chi connectivity index (χ3n) is 3.19. The zero-order valence-corrected chi connectivity index (χ0v) is 12.2. The molecule has 0 aliphatic rings. The Bertz CT molecular complexity index is 767. The van der Waals surface area contributed by atoms with E-state index in [1.165, 1.54) is 11.9 Å². The average Bonchev–Trinajstić information content (AvgIpc) is 2.84. The third kappa shape index (κ3) is 2.20.